The molecule has 1 aliphatic rings. The Morgan fingerprint density at radius 2 is 1.46 bits per heavy atom. The lowest BCUT2D eigenvalue weighted by Gasteiger charge is -2.23. The van der Waals surface area contributed by atoms with Crippen molar-refractivity contribution >= 4 is 23.1 Å². The summed E-state index contributed by atoms with van der Waals surface area (Å²) >= 11 is 0. The topological polar surface area (TPSA) is 88.7 Å². The van der Waals surface area contributed by atoms with E-state index in [0.29, 0.717) is 11.4 Å². The average Bonchev–Trinajstić information content (AvgIpc) is 2.64. The standard InChI is InChI=1S/C19H22N4O3/c24-19(21-17-8-10-18(11-9-17)23(25)26)20-16-6-4-15(5-7-16)14-22-12-2-1-3-13-22/h4-11H,1-3,12-14H2,(H2,20,21,24)/p+1. The fraction of sp³-hybridized carbons (Fsp3) is 0.316. The molecular formula is C19H23N4O3+. The van der Waals surface area contributed by atoms with E-state index >= 15 is 0 Å². The van der Waals surface area contributed by atoms with Gasteiger partial charge >= 0.3 is 6.03 Å². The number of quaternary nitrogens is 1. The summed E-state index contributed by atoms with van der Waals surface area (Å²) in [6.07, 6.45) is 3.95. The summed E-state index contributed by atoms with van der Waals surface area (Å²) < 4.78 is 0. The molecule has 7 heteroatoms. The molecule has 2 aromatic rings. The number of carbonyl (C=O) groups excluding carboxylic acids is 1. The van der Waals surface area contributed by atoms with Crippen LogP contribution in [0.1, 0.15) is 24.8 Å². The molecule has 1 aliphatic heterocycles. The van der Waals surface area contributed by atoms with E-state index in [2.05, 4.69) is 10.6 Å². The maximum atomic E-state index is 12.0. The number of nitrogens with one attached hydrogen (secondary N) is 3. The minimum atomic E-state index is -0.475. The summed E-state index contributed by atoms with van der Waals surface area (Å²) in [7, 11) is 0. The molecule has 1 saturated heterocycles. The van der Waals surface area contributed by atoms with Gasteiger partial charge in [0.2, 0.25) is 0 Å². The van der Waals surface area contributed by atoms with Crippen LogP contribution in [-0.2, 0) is 6.54 Å². The van der Waals surface area contributed by atoms with Gasteiger partial charge in [0, 0.05) is 29.1 Å². The Hall–Kier alpha value is -2.93. The predicted molar refractivity (Wildman–Crippen MR) is 100 cm³/mol. The van der Waals surface area contributed by atoms with Crippen molar-refractivity contribution in [3.05, 3.63) is 64.2 Å². The molecule has 2 aromatic carbocycles. The summed E-state index contributed by atoms with van der Waals surface area (Å²) in [4.78, 5) is 23.8. The highest BCUT2D eigenvalue weighted by Gasteiger charge is 2.13. The number of likely N-dealkylation sites (tertiary alicyclic amines) is 1. The quantitative estimate of drug-likeness (QED) is 0.569. The number of rotatable bonds is 5. The number of nitrogens with zero attached hydrogens (tertiary/aromatic N) is 1. The number of non-ortho nitro benzene ring substituents is 1. The Balaban J connectivity index is 1.51. The van der Waals surface area contributed by atoms with Gasteiger partial charge < -0.3 is 15.5 Å². The van der Waals surface area contributed by atoms with Crippen molar-refractivity contribution in [2.24, 2.45) is 0 Å². The molecule has 0 aromatic heterocycles. The third kappa shape index (κ3) is 5.03. The fourth-order valence-electron chi connectivity index (χ4n) is 3.18. The van der Waals surface area contributed by atoms with E-state index in [9.17, 15) is 14.9 Å². The van der Waals surface area contributed by atoms with E-state index in [0.717, 1.165) is 6.54 Å². The second kappa shape index (κ2) is 8.44. The van der Waals surface area contributed by atoms with Crippen molar-refractivity contribution in [1.82, 2.24) is 0 Å². The average molecular weight is 355 g/mol. The molecule has 7 nitrogen and oxygen atoms in total. The molecule has 1 fully saturated rings. The molecule has 2 amide bonds. The summed E-state index contributed by atoms with van der Waals surface area (Å²) in [5.41, 5.74) is 2.46. The van der Waals surface area contributed by atoms with Crippen LogP contribution in [0.15, 0.2) is 48.5 Å². The van der Waals surface area contributed by atoms with Crippen LogP contribution >= 0.6 is 0 Å². The summed E-state index contributed by atoms with van der Waals surface area (Å²) in [5.74, 6) is 0. The zero-order chi connectivity index (χ0) is 18.4. The molecule has 0 aliphatic carbocycles. The van der Waals surface area contributed by atoms with E-state index in [4.69, 9.17) is 0 Å². The van der Waals surface area contributed by atoms with Crippen molar-refractivity contribution in [3.63, 3.8) is 0 Å². The lowest BCUT2D eigenvalue weighted by molar-refractivity contribution is -0.918. The number of benzene rings is 2. The van der Waals surface area contributed by atoms with Crippen molar-refractivity contribution in [2.75, 3.05) is 23.7 Å². The molecule has 0 spiro atoms. The first-order valence-corrected chi connectivity index (χ1v) is 8.85. The molecule has 0 atom stereocenters. The lowest BCUT2D eigenvalue weighted by Crippen LogP contribution is -3.11. The first-order chi connectivity index (χ1) is 12.6. The van der Waals surface area contributed by atoms with Gasteiger partial charge in [-0.1, -0.05) is 12.1 Å². The summed E-state index contributed by atoms with van der Waals surface area (Å²) in [6, 6.07) is 13.2. The number of hydrogen-bond donors (Lipinski definition) is 3. The van der Waals surface area contributed by atoms with Crippen LogP contribution in [0.2, 0.25) is 0 Å². The van der Waals surface area contributed by atoms with Crippen LogP contribution in [0.5, 0.6) is 0 Å². The number of nitro groups is 1. The molecule has 0 radical (unpaired) electrons. The second-order valence-electron chi connectivity index (χ2n) is 6.57. The van der Waals surface area contributed by atoms with E-state index in [-0.39, 0.29) is 11.7 Å². The summed E-state index contributed by atoms with van der Waals surface area (Å²) in [5, 5.41) is 16.1. The third-order valence-corrected chi connectivity index (χ3v) is 4.56. The van der Waals surface area contributed by atoms with Gasteiger partial charge in [-0.3, -0.25) is 10.1 Å². The zero-order valence-electron chi connectivity index (χ0n) is 14.5. The van der Waals surface area contributed by atoms with E-state index in [1.807, 2.05) is 24.3 Å². The molecule has 0 bridgehead atoms. The van der Waals surface area contributed by atoms with E-state index < -0.39 is 4.92 Å². The Kier molecular flexibility index (Phi) is 5.80. The Morgan fingerprint density at radius 1 is 0.923 bits per heavy atom. The Morgan fingerprint density at radius 3 is 2.00 bits per heavy atom. The maximum absolute atomic E-state index is 12.0. The van der Waals surface area contributed by atoms with Gasteiger partial charge in [0.1, 0.15) is 6.54 Å². The molecule has 1 heterocycles. The number of amides is 2. The molecule has 3 rings (SSSR count). The minimum absolute atomic E-state index is 0.0117. The van der Waals surface area contributed by atoms with E-state index in [1.165, 1.54) is 62.2 Å². The largest absolute Gasteiger partial charge is 0.331 e. The zero-order valence-corrected chi connectivity index (χ0v) is 14.5. The Bertz CT molecular complexity index is 753. The van der Waals surface area contributed by atoms with Crippen molar-refractivity contribution in [3.8, 4) is 0 Å². The SMILES string of the molecule is O=C(Nc1ccc(C[NH+]2CCCCC2)cc1)Nc1ccc([N+](=O)[O-])cc1. The molecule has 0 unspecified atom stereocenters. The number of nitro benzene ring substituents is 1. The predicted octanol–water partition coefficient (Wildman–Crippen LogP) is 2.81. The van der Waals surface area contributed by atoms with Gasteiger partial charge in [-0.05, 0) is 43.5 Å². The number of hydrogen-bond acceptors (Lipinski definition) is 3. The fourth-order valence-corrected chi connectivity index (χ4v) is 3.18. The highest BCUT2D eigenvalue weighted by Crippen LogP contribution is 2.16. The molecule has 3 N–H and O–H groups in total. The highest BCUT2D eigenvalue weighted by atomic mass is 16.6. The van der Waals surface area contributed by atoms with Crippen LogP contribution in [0.25, 0.3) is 0 Å². The van der Waals surface area contributed by atoms with Gasteiger partial charge in [0.05, 0.1) is 18.0 Å². The monoisotopic (exact) mass is 355 g/mol. The van der Waals surface area contributed by atoms with Crippen LogP contribution in [0.3, 0.4) is 0 Å². The molecule has 136 valence electrons. The number of carbonyl (C=O) groups is 1. The second-order valence-corrected chi connectivity index (χ2v) is 6.57. The molecule has 0 saturated carbocycles. The van der Waals surface area contributed by atoms with Gasteiger partial charge in [-0.2, -0.15) is 0 Å². The molecule has 26 heavy (non-hydrogen) atoms. The van der Waals surface area contributed by atoms with Crippen molar-refractivity contribution in [1.29, 1.82) is 0 Å². The van der Waals surface area contributed by atoms with Gasteiger partial charge in [0.25, 0.3) is 5.69 Å². The number of urea groups is 1. The Labute approximate surface area is 152 Å². The first kappa shape index (κ1) is 17.9. The summed E-state index contributed by atoms with van der Waals surface area (Å²) in [6.45, 7) is 3.49. The van der Waals surface area contributed by atoms with Gasteiger partial charge in [-0.25, -0.2) is 4.79 Å². The van der Waals surface area contributed by atoms with Crippen LogP contribution < -0.4 is 15.5 Å². The molecular weight excluding hydrogens is 332 g/mol. The number of anilines is 2. The van der Waals surface area contributed by atoms with Crippen LogP contribution in [0, 0.1) is 10.1 Å². The van der Waals surface area contributed by atoms with Gasteiger partial charge in [0.15, 0.2) is 0 Å². The minimum Gasteiger partial charge on any atom is -0.331 e. The highest BCUT2D eigenvalue weighted by molar-refractivity contribution is 5.99. The van der Waals surface area contributed by atoms with Crippen molar-refractivity contribution in [2.45, 2.75) is 25.8 Å². The maximum Gasteiger partial charge on any atom is 0.323 e. The van der Waals surface area contributed by atoms with Crippen molar-refractivity contribution < 1.29 is 14.6 Å². The normalized spacial score (nSPS) is 14.6. The van der Waals surface area contributed by atoms with Crippen LogP contribution in [0.4, 0.5) is 21.9 Å². The first-order valence-electron chi connectivity index (χ1n) is 8.85. The van der Waals surface area contributed by atoms with Gasteiger partial charge in [-0.15, -0.1) is 0 Å². The van der Waals surface area contributed by atoms with E-state index in [1.54, 1.807) is 4.90 Å². The lowest BCUT2D eigenvalue weighted by atomic mass is 10.1. The number of piperidine rings is 1. The smallest absolute Gasteiger partial charge is 0.323 e. The third-order valence-electron chi connectivity index (χ3n) is 4.56. The van der Waals surface area contributed by atoms with Crippen LogP contribution in [-0.4, -0.2) is 24.0 Å².